The van der Waals surface area contributed by atoms with Crippen molar-refractivity contribution >= 4 is 52.3 Å². The van der Waals surface area contributed by atoms with Crippen molar-refractivity contribution in [2.45, 2.75) is 90.0 Å². The molecule has 1 aliphatic heterocycles. The van der Waals surface area contributed by atoms with Crippen molar-refractivity contribution in [2.75, 3.05) is 23.3 Å². The summed E-state index contributed by atoms with van der Waals surface area (Å²) in [5, 5.41) is 13.4. The molecule has 2 fully saturated rings. The lowest BCUT2D eigenvalue weighted by atomic mass is 9.74. The first-order valence-corrected chi connectivity index (χ1v) is 15.7. The molecule has 41 heavy (non-hydrogen) atoms. The van der Waals surface area contributed by atoms with E-state index in [0.717, 1.165) is 32.1 Å². The Morgan fingerprint density at radius 1 is 1.17 bits per heavy atom. The van der Waals surface area contributed by atoms with Crippen LogP contribution in [0.3, 0.4) is 0 Å². The average molecular weight is 622 g/mol. The molecular weight excluding hydrogens is 583 g/mol. The molecule has 222 valence electrons. The Balaban J connectivity index is 1.65. The topological polar surface area (TPSA) is 126 Å². The minimum atomic E-state index is -1.15. The van der Waals surface area contributed by atoms with Gasteiger partial charge in [-0.05, 0) is 78.7 Å². The van der Waals surface area contributed by atoms with Crippen LogP contribution in [0.2, 0.25) is 10.0 Å². The Kier molecular flexibility index (Phi) is 9.37. The first-order valence-electron chi connectivity index (χ1n) is 13.8. The number of aromatic nitrogens is 2. The van der Waals surface area contributed by atoms with Crippen molar-refractivity contribution in [3.63, 3.8) is 0 Å². The van der Waals surface area contributed by atoms with Crippen molar-refractivity contribution in [3.8, 4) is 17.3 Å². The average Bonchev–Trinajstić information content (AvgIpc) is 3.25. The van der Waals surface area contributed by atoms with E-state index >= 15 is 0 Å². The molecule has 1 spiro atoms. The number of piperidine rings is 1. The third-order valence-corrected chi connectivity index (χ3v) is 10.0. The van der Waals surface area contributed by atoms with E-state index in [9.17, 15) is 14.6 Å². The molecule has 1 unspecified atom stereocenters. The molecule has 1 saturated heterocycles. The quantitative estimate of drug-likeness (QED) is 0.347. The third-order valence-electron chi connectivity index (χ3n) is 7.58. The Morgan fingerprint density at radius 2 is 1.85 bits per heavy atom. The normalized spacial score (nSPS) is 19.6. The Labute approximate surface area is 255 Å². The highest BCUT2D eigenvalue weighted by Gasteiger charge is 2.48. The van der Waals surface area contributed by atoms with Gasteiger partial charge in [0.25, 0.3) is 0 Å². The number of benzene rings is 1. The zero-order chi connectivity index (χ0) is 30.2. The van der Waals surface area contributed by atoms with Crippen LogP contribution in [0, 0.1) is 16.7 Å². The monoisotopic (exact) mass is 620 g/mol. The maximum atomic E-state index is 12.9. The number of anilines is 2. The lowest BCUT2D eigenvalue weighted by Crippen LogP contribution is -2.53. The molecule has 2 aromatic rings. The SMILES string of the molecule is CC(C)(C)OC(=O)Nc1nc(N2CCC3(CCC[C@H]3N[S+]([O-])C(C)(C)C)CC2)c(C#N)nc1-c1cccc(Cl)c1Cl. The largest absolute Gasteiger partial charge is 0.598 e. The van der Waals surface area contributed by atoms with Crippen molar-refractivity contribution in [2.24, 2.45) is 5.41 Å². The summed E-state index contributed by atoms with van der Waals surface area (Å²) in [5.41, 5.74) is 0.0807. The number of amides is 1. The maximum Gasteiger partial charge on any atom is 0.413 e. The summed E-state index contributed by atoms with van der Waals surface area (Å²) < 4.78 is 21.5. The highest BCUT2D eigenvalue weighted by molar-refractivity contribution is 7.90. The second-order valence-electron chi connectivity index (χ2n) is 12.7. The van der Waals surface area contributed by atoms with Crippen molar-refractivity contribution in [1.82, 2.24) is 14.7 Å². The van der Waals surface area contributed by atoms with Gasteiger partial charge in [0.15, 0.2) is 17.3 Å². The number of ether oxygens (including phenoxy) is 1. The molecule has 9 nitrogen and oxygen atoms in total. The fourth-order valence-corrected chi connectivity index (χ4v) is 6.84. The van der Waals surface area contributed by atoms with Gasteiger partial charge in [-0.3, -0.25) is 5.32 Å². The smallest absolute Gasteiger partial charge is 0.413 e. The minimum Gasteiger partial charge on any atom is -0.598 e. The van der Waals surface area contributed by atoms with Crippen LogP contribution in [0.15, 0.2) is 18.2 Å². The first-order chi connectivity index (χ1) is 19.1. The van der Waals surface area contributed by atoms with Gasteiger partial charge >= 0.3 is 6.09 Å². The second-order valence-corrected chi connectivity index (χ2v) is 15.5. The number of hydrogen-bond donors (Lipinski definition) is 2. The lowest BCUT2D eigenvalue weighted by Gasteiger charge is -2.44. The summed E-state index contributed by atoms with van der Waals surface area (Å²) in [4.78, 5) is 24.2. The minimum absolute atomic E-state index is 0.0312. The third kappa shape index (κ3) is 7.20. The summed E-state index contributed by atoms with van der Waals surface area (Å²) in [6.45, 7) is 12.5. The van der Waals surface area contributed by atoms with E-state index in [1.165, 1.54) is 0 Å². The molecule has 1 saturated carbocycles. The Bertz CT molecular complexity index is 1330. The summed E-state index contributed by atoms with van der Waals surface area (Å²) in [6.07, 6.45) is 4.15. The van der Waals surface area contributed by atoms with Gasteiger partial charge in [0.2, 0.25) is 0 Å². The van der Waals surface area contributed by atoms with Gasteiger partial charge in [-0.15, -0.1) is 4.72 Å². The molecule has 4 rings (SSSR count). The van der Waals surface area contributed by atoms with Gasteiger partial charge < -0.3 is 14.2 Å². The number of nitriles is 1. The zero-order valence-electron chi connectivity index (χ0n) is 24.4. The summed E-state index contributed by atoms with van der Waals surface area (Å²) in [6, 6.07) is 7.42. The highest BCUT2D eigenvalue weighted by Crippen LogP contribution is 2.48. The fraction of sp³-hybridized carbons (Fsp3) is 0.586. The number of nitrogens with zero attached hydrogens (tertiary/aromatic N) is 4. The maximum absolute atomic E-state index is 12.9. The number of hydrogen-bond acceptors (Lipinski definition) is 8. The molecule has 2 N–H and O–H groups in total. The van der Waals surface area contributed by atoms with Crippen LogP contribution in [0.4, 0.5) is 16.4 Å². The van der Waals surface area contributed by atoms with Crippen LogP contribution < -0.4 is 14.9 Å². The van der Waals surface area contributed by atoms with Crippen molar-refractivity contribution in [1.29, 1.82) is 5.26 Å². The summed E-state index contributed by atoms with van der Waals surface area (Å²) in [5.74, 6) is 0.509. The Hall–Kier alpha value is -2.29. The van der Waals surface area contributed by atoms with E-state index < -0.39 is 23.1 Å². The molecule has 1 amide bonds. The number of rotatable bonds is 5. The molecule has 1 aromatic carbocycles. The van der Waals surface area contributed by atoms with Crippen LogP contribution in [0.1, 0.15) is 79.3 Å². The summed E-state index contributed by atoms with van der Waals surface area (Å²) in [7, 11) is 0. The van der Waals surface area contributed by atoms with Gasteiger partial charge in [0, 0.05) is 30.0 Å². The number of carbonyl (C=O) groups is 1. The Morgan fingerprint density at radius 3 is 2.46 bits per heavy atom. The van der Waals surface area contributed by atoms with Gasteiger partial charge in [-0.25, -0.2) is 14.8 Å². The van der Waals surface area contributed by atoms with Gasteiger partial charge in [-0.1, -0.05) is 41.8 Å². The molecule has 12 heteroatoms. The predicted molar refractivity (Wildman–Crippen MR) is 165 cm³/mol. The van der Waals surface area contributed by atoms with Crippen LogP contribution in [0.25, 0.3) is 11.3 Å². The van der Waals surface area contributed by atoms with Crippen LogP contribution >= 0.6 is 23.2 Å². The van der Waals surface area contributed by atoms with E-state index in [0.29, 0.717) is 29.5 Å². The van der Waals surface area contributed by atoms with Crippen molar-refractivity contribution < 1.29 is 14.1 Å². The molecule has 2 atom stereocenters. The van der Waals surface area contributed by atoms with Crippen molar-refractivity contribution in [3.05, 3.63) is 33.9 Å². The van der Waals surface area contributed by atoms with E-state index in [4.69, 9.17) is 32.9 Å². The van der Waals surface area contributed by atoms with E-state index in [1.807, 2.05) is 25.7 Å². The van der Waals surface area contributed by atoms with Gasteiger partial charge in [0.05, 0.1) is 16.1 Å². The molecule has 1 aromatic heterocycles. The van der Waals surface area contributed by atoms with E-state index in [2.05, 4.69) is 21.1 Å². The molecule has 2 aliphatic rings. The lowest BCUT2D eigenvalue weighted by molar-refractivity contribution is 0.0635. The number of nitrogens with one attached hydrogen (secondary N) is 2. The number of halogens is 2. The molecule has 1 aliphatic carbocycles. The molecule has 0 radical (unpaired) electrons. The highest BCUT2D eigenvalue weighted by atomic mass is 35.5. The van der Waals surface area contributed by atoms with E-state index in [-0.39, 0.29) is 38.4 Å². The summed E-state index contributed by atoms with van der Waals surface area (Å²) >= 11 is 11.6. The second kappa shape index (κ2) is 12.1. The molecular formula is C29H38Cl2N6O3S. The first kappa shape index (κ1) is 31.6. The number of carbonyl (C=O) groups excluding carboxylic acids is 1. The molecule has 2 heterocycles. The fourth-order valence-electron chi connectivity index (χ4n) is 5.47. The predicted octanol–water partition coefficient (Wildman–Crippen LogP) is 6.86. The standard InChI is InChI=1S/C29H38Cl2N6O3S/c1-27(2,3)40-26(38)35-24-23(18-9-7-10-19(30)22(18)31)33-20(17-32)25(34-24)37-15-13-29(14-16-37)12-8-11-21(29)36-41(39)28(4,5)6/h7,9-10,21,36H,8,11-16H2,1-6H3,(H,34,35,38)/t21-,41?/m1/s1. The molecule has 0 bridgehead atoms. The van der Waals surface area contributed by atoms with Crippen LogP contribution in [0.5, 0.6) is 0 Å². The van der Waals surface area contributed by atoms with Crippen LogP contribution in [-0.4, -0.2) is 50.1 Å². The van der Waals surface area contributed by atoms with E-state index in [1.54, 1.807) is 39.0 Å². The van der Waals surface area contributed by atoms with Crippen LogP contribution in [-0.2, 0) is 16.1 Å². The van der Waals surface area contributed by atoms with Gasteiger partial charge in [0.1, 0.15) is 22.1 Å². The van der Waals surface area contributed by atoms with Gasteiger partial charge in [-0.2, -0.15) is 5.26 Å². The zero-order valence-corrected chi connectivity index (χ0v) is 26.8.